The van der Waals surface area contributed by atoms with Gasteiger partial charge in [0.2, 0.25) is 5.91 Å². The lowest BCUT2D eigenvalue weighted by Gasteiger charge is -2.44. The molecule has 1 saturated heterocycles. The number of amides is 1. The number of piperazine rings is 1. The van der Waals surface area contributed by atoms with Crippen molar-refractivity contribution in [2.45, 2.75) is 25.9 Å². The number of nitrogens with zero attached hydrogens (tertiary/aromatic N) is 4. The predicted octanol–water partition coefficient (Wildman–Crippen LogP) is 4.85. The number of halogens is 3. The molecule has 6 nitrogen and oxygen atoms in total. The Balaban J connectivity index is 1.85. The Bertz CT molecular complexity index is 1250. The molecule has 1 aliphatic rings. The van der Waals surface area contributed by atoms with Gasteiger partial charge < -0.3 is 14.5 Å². The van der Waals surface area contributed by atoms with Crippen molar-refractivity contribution in [3.8, 4) is 16.9 Å². The van der Waals surface area contributed by atoms with E-state index in [2.05, 4.69) is 16.5 Å². The SMILES string of the molecule is C=CC(=O)N1C[C@H](C)N(c2ncnc3c(F)c(-c4c(F)cccc4OC)c(Cl)cc23)C[C@H]1C. The van der Waals surface area contributed by atoms with Crippen molar-refractivity contribution in [1.82, 2.24) is 14.9 Å². The van der Waals surface area contributed by atoms with Gasteiger partial charge in [0.15, 0.2) is 5.82 Å². The van der Waals surface area contributed by atoms with Crippen LogP contribution in [0, 0.1) is 11.6 Å². The molecule has 0 aliphatic carbocycles. The van der Waals surface area contributed by atoms with Crippen LogP contribution in [0.1, 0.15) is 13.8 Å². The Kier molecular flexibility index (Phi) is 6.21. The van der Waals surface area contributed by atoms with Crippen molar-refractivity contribution in [2.75, 3.05) is 25.1 Å². The van der Waals surface area contributed by atoms with Crippen LogP contribution < -0.4 is 9.64 Å². The maximum Gasteiger partial charge on any atom is 0.246 e. The number of ether oxygens (including phenoxy) is 1. The number of carbonyl (C=O) groups is 1. The summed E-state index contributed by atoms with van der Waals surface area (Å²) in [5.41, 5.74) is -0.163. The first-order valence-corrected chi connectivity index (χ1v) is 10.8. The Labute approximate surface area is 195 Å². The Hall–Kier alpha value is -3.26. The quantitative estimate of drug-likeness (QED) is 0.508. The van der Waals surface area contributed by atoms with Crippen molar-refractivity contribution < 1.29 is 18.3 Å². The van der Waals surface area contributed by atoms with Crippen LogP contribution in [-0.4, -0.2) is 53.1 Å². The van der Waals surface area contributed by atoms with Crippen LogP contribution in [0.15, 0.2) is 43.2 Å². The van der Waals surface area contributed by atoms with Gasteiger partial charge in [0.05, 0.1) is 17.7 Å². The highest BCUT2D eigenvalue weighted by molar-refractivity contribution is 6.34. The zero-order chi connectivity index (χ0) is 23.9. The second-order valence-electron chi connectivity index (χ2n) is 8.00. The summed E-state index contributed by atoms with van der Waals surface area (Å²) >= 11 is 6.50. The minimum atomic E-state index is -0.759. The van der Waals surface area contributed by atoms with Gasteiger partial charge in [0, 0.05) is 36.1 Å². The standard InChI is InChI=1S/C24H23ClF2N4O2/c1-5-19(32)30-10-14(3)31(11-13(30)2)24-15-9-16(25)20(22(27)23(15)28-12-29-24)21-17(26)7-6-8-18(21)33-4/h5-9,12-14H,1,10-11H2,2-4H3/t13-,14+/m1/s1. The minimum Gasteiger partial charge on any atom is -0.496 e. The summed E-state index contributed by atoms with van der Waals surface area (Å²) < 4.78 is 35.7. The number of benzene rings is 2. The molecule has 0 N–H and O–H groups in total. The number of aromatic nitrogens is 2. The molecule has 2 atom stereocenters. The van der Waals surface area contributed by atoms with Crippen LogP contribution in [0.5, 0.6) is 5.75 Å². The Morgan fingerprint density at radius 1 is 1.21 bits per heavy atom. The maximum absolute atomic E-state index is 15.8. The maximum atomic E-state index is 15.8. The second kappa shape index (κ2) is 8.94. The van der Waals surface area contributed by atoms with Gasteiger partial charge in [0.1, 0.15) is 29.2 Å². The molecule has 9 heteroatoms. The van der Waals surface area contributed by atoms with Gasteiger partial charge in [0.25, 0.3) is 0 Å². The number of methoxy groups -OCH3 is 1. The third-order valence-electron chi connectivity index (χ3n) is 5.96. The summed E-state index contributed by atoms with van der Waals surface area (Å²) in [6.45, 7) is 8.39. The lowest BCUT2D eigenvalue weighted by atomic mass is 10.00. The van der Waals surface area contributed by atoms with Crippen molar-refractivity contribution in [2.24, 2.45) is 0 Å². The molecule has 2 aromatic carbocycles. The van der Waals surface area contributed by atoms with Crippen LogP contribution in [0.3, 0.4) is 0 Å². The highest BCUT2D eigenvalue weighted by Crippen LogP contribution is 2.42. The van der Waals surface area contributed by atoms with Crippen LogP contribution in [-0.2, 0) is 4.79 Å². The first kappa shape index (κ1) is 22.9. The molecule has 172 valence electrons. The van der Waals surface area contributed by atoms with E-state index in [0.717, 1.165) is 0 Å². The van der Waals surface area contributed by atoms with Gasteiger partial charge in [-0.05, 0) is 38.1 Å². The number of fused-ring (bicyclic) bond motifs is 1. The molecular weight excluding hydrogens is 450 g/mol. The molecule has 2 heterocycles. The van der Waals surface area contributed by atoms with Crippen molar-refractivity contribution in [3.05, 3.63) is 59.9 Å². The summed E-state index contributed by atoms with van der Waals surface area (Å²) in [6.07, 6.45) is 2.57. The van der Waals surface area contributed by atoms with Crippen molar-refractivity contribution >= 4 is 34.2 Å². The molecule has 1 amide bonds. The van der Waals surface area contributed by atoms with E-state index in [-0.39, 0.29) is 45.4 Å². The highest BCUT2D eigenvalue weighted by Gasteiger charge is 2.33. The fraction of sp³-hybridized carbons (Fsp3) is 0.292. The summed E-state index contributed by atoms with van der Waals surface area (Å²) in [5, 5.41) is 0.419. The molecule has 0 saturated carbocycles. The fourth-order valence-corrected chi connectivity index (χ4v) is 4.62. The normalized spacial score (nSPS) is 18.5. The van der Waals surface area contributed by atoms with E-state index < -0.39 is 11.6 Å². The Morgan fingerprint density at radius 3 is 2.67 bits per heavy atom. The molecule has 0 radical (unpaired) electrons. The Morgan fingerprint density at radius 2 is 1.97 bits per heavy atom. The first-order chi connectivity index (χ1) is 15.8. The zero-order valence-corrected chi connectivity index (χ0v) is 19.2. The lowest BCUT2D eigenvalue weighted by Crippen LogP contribution is -2.58. The average molecular weight is 473 g/mol. The molecule has 3 aromatic rings. The van der Waals surface area contributed by atoms with Gasteiger partial charge in [-0.2, -0.15) is 0 Å². The van der Waals surface area contributed by atoms with Crippen molar-refractivity contribution in [3.63, 3.8) is 0 Å². The predicted molar refractivity (Wildman–Crippen MR) is 125 cm³/mol. The van der Waals surface area contributed by atoms with Gasteiger partial charge in [-0.25, -0.2) is 18.7 Å². The van der Waals surface area contributed by atoms with Crippen LogP contribution in [0.2, 0.25) is 5.02 Å². The number of carbonyl (C=O) groups excluding carboxylic acids is 1. The number of anilines is 1. The van der Waals surface area contributed by atoms with E-state index in [1.165, 1.54) is 37.7 Å². The summed E-state index contributed by atoms with van der Waals surface area (Å²) in [6, 6.07) is 5.57. The van der Waals surface area contributed by atoms with E-state index >= 15 is 4.39 Å². The van der Waals surface area contributed by atoms with E-state index in [9.17, 15) is 9.18 Å². The molecule has 1 aromatic heterocycles. The van der Waals surface area contributed by atoms with Gasteiger partial charge >= 0.3 is 0 Å². The molecule has 1 aliphatic heterocycles. The summed E-state index contributed by atoms with van der Waals surface area (Å²) in [7, 11) is 1.38. The first-order valence-electron chi connectivity index (χ1n) is 10.4. The van der Waals surface area contributed by atoms with E-state index in [1.54, 1.807) is 11.0 Å². The molecule has 0 spiro atoms. The zero-order valence-electron chi connectivity index (χ0n) is 18.5. The van der Waals surface area contributed by atoms with E-state index in [4.69, 9.17) is 16.3 Å². The molecule has 4 rings (SSSR count). The third kappa shape index (κ3) is 3.88. The smallest absolute Gasteiger partial charge is 0.246 e. The van der Waals surface area contributed by atoms with Crippen molar-refractivity contribution in [1.29, 1.82) is 0 Å². The van der Waals surface area contributed by atoms with E-state index in [0.29, 0.717) is 24.3 Å². The summed E-state index contributed by atoms with van der Waals surface area (Å²) in [5.74, 6) is -0.896. The van der Waals surface area contributed by atoms with Gasteiger partial charge in [-0.3, -0.25) is 4.79 Å². The van der Waals surface area contributed by atoms with Gasteiger partial charge in [-0.1, -0.05) is 24.2 Å². The monoisotopic (exact) mass is 472 g/mol. The van der Waals surface area contributed by atoms with Gasteiger partial charge in [-0.15, -0.1) is 0 Å². The van der Waals surface area contributed by atoms with Crippen LogP contribution in [0.4, 0.5) is 14.6 Å². The molecule has 0 bridgehead atoms. The third-order valence-corrected chi connectivity index (χ3v) is 6.26. The fourth-order valence-electron chi connectivity index (χ4n) is 4.34. The molecule has 1 fully saturated rings. The molecule has 0 unspecified atom stereocenters. The number of rotatable bonds is 4. The van der Waals surface area contributed by atoms with Crippen LogP contribution >= 0.6 is 11.6 Å². The van der Waals surface area contributed by atoms with Crippen LogP contribution in [0.25, 0.3) is 22.0 Å². The second-order valence-corrected chi connectivity index (χ2v) is 8.41. The number of hydrogen-bond acceptors (Lipinski definition) is 5. The highest BCUT2D eigenvalue weighted by atomic mass is 35.5. The molecule has 33 heavy (non-hydrogen) atoms. The van der Waals surface area contributed by atoms with E-state index in [1.807, 2.05) is 18.7 Å². The minimum absolute atomic E-state index is 0.0145. The lowest BCUT2D eigenvalue weighted by molar-refractivity contribution is -0.128. The number of hydrogen-bond donors (Lipinski definition) is 0. The average Bonchev–Trinajstić information content (AvgIpc) is 2.80. The largest absolute Gasteiger partial charge is 0.496 e. The molecular formula is C24H23ClF2N4O2. The summed E-state index contributed by atoms with van der Waals surface area (Å²) in [4.78, 5) is 24.5. The topological polar surface area (TPSA) is 58.6 Å².